The van der Waals surface area contributed by atoms with Crippen molar-refractivity contribution in [2.75, 3.05) is 19.6 Å². The van der Waals surface area contributed by atoms with E-state index in [1.165, 1.54) is 30.7 Å². The van der Waals surface area contributed by atoms with E-state index in [1.54, 1.807) is 12.1 Å². The number of halogens is 1. The van der Waals surface area contributed by atoms with Gasteiger partial charge in [0.25, 0.3) is 0 Å². The molecule has 3 fully saturated rings. The van der Waals surface area contributed by atoms with Gasteiger partial charge in [0, 0.05) is 31.1 Å². The van der Waals surface area contributed by atoms with Crippen LogP contribution in [0.1, 0.15) is 31.2 Å². The van der Waals surface area contributed by atoms with Crippen molar-refractivity contribution in [2.24, 2.45) is 11.8 Å². The van der Waals surface area contributed by atoms with Crippen LogP contribution in [-0.2, 0) is 9.59 Å². The van der Waals surface area contributed by atoms with E-state index in [0.717, 1.165) is 38.0 Å². The van der Waals surface area contributed by atoms with Crippen LogP contribution in [-0.4, -0.2) is 53.9 Å². The molecule has 1 aromatic carbocycles. The van der Waals surface area contributed by atoms with Crippen molar-refractivity contribution in [3.63, 3.8) is 0 Å². The Hall–Kier alpha value is -1.90. The minimum Gasteiger partial charge on any atom is -0.356 e. The molecule has 0 spiro atoms. The summed E-state index contributed by atoms with van der Waals surface area (Å²) in [6.45, 7) is 2.29. The molecule has 3 unspecified atom stereocenters. The summed E-state index contributed by atoms with van der Waals surface area (Å²) in [7, 11) is 0. The van der Waals surface area contributed by atoms with Crippen LogP contribution in [0.3, 0.4) is 0 Å². The number of fused-ring (bicyclic) bond motifs is 1. The van der Waals surface area contributed by atoms with Crippen LogP contribution in [0.4, 0.5) is 4.39 Å². The Bertz CT molecular complexity index is 866. The Morgan fingerprint density at radius 3 is 2.70 bits per heavy atom. The molecule has 3 aliphatic heterocycles. The molecule has 1 aliphatic carbocycles. The number of carbonyl (C=O) groups is 2. The molecule has 30 heavy (non-hydrogen) atoms. The minimum atomic E-state index is -0.303. The third kappa shape index (κ3) is 4.00. The van der Waals surface area contributed by atoms with Crippen LogP contribution in [0.25, 0.3) is 5.57 Å². The maximum atomic E-state index is 14.4. The molecule has 4 aliphatic rings. The highest BCUT2D eigenvalue weighted by Crippen LogP contribution is 2.39. The van der Waals surface area contributed by atoms with E-state index in [1.807, 2.05) is 11.5 Å². The lowest BCUT2D eigenvalue weighted by Gasteiger charge is -2.43. The van der Waals surface area contributed by atoms with Gasteiger partial charge in [0.05, 0.1) is 6.04 Å². The molecule has 160 valence electrons. The lowest BCUT2D eigenvalue weighted by molar-refractivity contribution is -0.129. The number of thioether (sulfide) groups is 1. The summed E-state index contributed by atoms with van der Waals surface area (Å²) in [5.74, 6) is 0.597. The fourth-order valence-electron chi connectivity index (χ4n) is 4.53. The summed E-state index contributed by atoms with van der Waals surface area (Å²) in [5.41, 5.74) is 1.38. The molecule has 6 nitrogen and oxygen atoms in total. The summed E-state index contributed by atoms with van der Waals surface area (Å²) in [4.78, 5) is 27.3. The summed E-state index contributed by atoms with van der Waals surface area (Å²) in [6.07, 6.45) is 3.72. The highest BCUT2D eigenvalue weighted by molar-refractivity contribution is 8.04. The van der Waals surface area contributed by atoms with Crippen molar-refractivity contribution in [2.45, 2.75) is 43.3 Å². The molecule has 3 atom stereocenters. The monoisotopic (exact) mass is 430 g/mol. The van der Waals surface area contributed by atoms with Gasteiger partial charge >= 0.3 is 0 Å². The summed E-state index contributed by atoms with van der Waals surface area (Å²) in [5, 5.41) is 11.3. The van der Waals surface area contributed by atoms with E-state index < -0.39 is 0 Å². The maximum Gasteiger partial charge on any atom is 0.237 e. The number of hydrogen-bond acceptors (Lipinski definition) is 5. The summed E-state index contributed by atoms with van der Waals surface area (Å²) < 4.78 is 14.4. The van der Waals surface area contributed by atoms with Crippen molar-refractivity contribution < 1.29 is 14.0 Å². The van der Waals surface area contributed by atoms with E-state index in [4.69, 9.17) is 0 Å². The standard InChI is InChI=1S/C22H27FN4O2S/c23-17-4-2-1-3-15(17)16-12-30-19-18(16)25-22(26-21(19)29)27-9-7-14(8-10-27)20(28)24-11-13-5-6-13/h1-4,12-14,18-19,22,25H,5-11H2,(H,24,28)(H,26,29). The number of likely N-dealkylation sites (tertiary alicyclic amines) is 1. The Kier molecular flexibility index (Phi) is 5.56. The first kappa shape index (κ1) is 20.0. The van der Waals surface area contributed by atoms with E-state index in [9.17, 15) is 14.0 Å². The first-order valence-electron chi connectivity index (χ1n) is 10.8. The molecular formula is C22H27FN4O2S. The summed E-state index contributed by atoms with van der Waals surface area (Å²) >= 11 is 1.44. The van der Waals surface area contributed by atoms with E-state index in [0.29, 0.717) is 11.5 Å². The Labute approximate surface area is 180 Å². The molecule has 0 radical (unpaired) electrons. The molecule has 0 aromatic heterocycles. The highest BCUT2D eigenvalue weighted by Gasteiger charge is 2.44. The number of amides is 2. The predicted molar refractivity (Wildman–Crippen MR) is 115 cm³/mol. The van der Waals surface area contributed by atoms with Gasteiger partial charge in [-0.3, -0.25) is 19.8 Å². The van der Waals surface area contributed by atoms with Gasteiger partial charge in [-0.2, -0.15) is 0 Å². The van der Waals surface area contributed by atoms with Crippen LogP contribution in [0, 0.1) is 17.7 Å². The molecule has 0 bridgehead atoms. The minimum absolute atomic E-state index is 0.0272. The van der Waals surface area contributed by atoms with Gasteiger partial charge in [0.2, 0.25) is 11.8 Å². The molecular weight excluding hydrogens is 403 g/mol. The van der Waals surface area contributed by atoms with Crippen LogP contribution >= 0.6 is 11.8 Å². The van der Waals surface area contributed by atoms with E-state index >= 15 is 0 Å². The van der Waals surface area contributed by atoms with Gasteiger partial charge in [0.1, 0.15) is 17.4 Å². The number of nitrogens with zero attached hydrogens (tertiary/aromatic N) is 1. The second kappa shape index (κ2) is 8.32. The van der Waals surface area contributed by atoms with Crippen molar-refractivity contribution >= 4 is 29.1 Å². The van der Waals surface area contributed by atoms with Gasteiger partial charge in [-0.15, -0.1) is 11.8 Å². The zero-order chi connectivity index (χ0) is 20.7. The quantitative estimate of drug-likeness (QED) is 0.665. The third-order valence-corrected chi connectivity index (χ3v) is 7.74. The molecule has 5 rings (SSSR count). The second-order valence-corrected chi connectivity index (χ2v) is 9.68. The Morgan fingerprint density at radius 1 is 1.20 bits per heavy atom. The number of carbonyl (C=O) groups excluding carboxylic acids is 2. The molecule has 3 N–H and O–H groups in total. The average molecular weight is 431 g/mol. The van der Waals surface area contributed by atoms with Crippen molar-refractivity contribution in [3.8, 4) is 0 Å². The second-order valence-electron chi connectivity index (χ2n) is 8.66. The smallest absolute Gasteiger partial charge is 0.237 e. The van der Waals surface area contributed by atoms with Crippen molar-refractivity contribution in [1.29, 1.82) is 0 Å². The Balaban J connectivity index is 1.21. The number of benzene rings is 1. The highest BCUT2D eigenvalue weighted by atomic mass is 32.2. The van der Waals surface area contributed by atoms with Gasteiger partial charge in [-0.1, -0.05) is 18.2 Å². The number of rotatable bonds is 5. The average Bonchev–Trinajstić information content (AvgIpc) is 3.50. The predicted octanol–water partition coefficient (Wildman–Crippen LogP) is 1.89. The van der Waals surface area contributed by atoms with Crippen molar-refractivity contribution in [1.82, 2.24) is 20.9 Å². The molecule has 3 heterocycles. The first-order valence-corrected chi connectivity index (χ1v) is 11.7. The first-order chi connectivity index (χ1) is 14.6. The SMILES string of the molecule is O=C(NCC1CC1)C1CCN(C2NC(=O)C3SC=C(c4ccccc4F)C3N2)CC1. The number of nitrogens with one attached hydrogen (secondary N) is 3. The maximum absolute atomic E-state index is 14.4. The van der Waals surface area contributed by atoms with Gasteiger partial charge in [0.15, 0.2) is 0 Å². The molecule has 1 saturated carbocycles. The normalized spacial score (nSPS) is 29.8. The van der Waals surface area contributed by atoms with Crippen LogP contribution in [0.2, 0.25) is 0 Å². The number of hydrogen-bond donors (Lipinski definition) is 3. The lowest BCUT2D eigenvalue weighted by atomic mass is 9.94. The molecule has 1 aromatic rings. The van der Waals surface area contributed by atoms with Crippen LogP contribution in [0.15, 0.2) is 29.7 Å². The molecule has 2 amide bonds. The topological polar surface area (TPSA) is 73.5 Å². The van der Waals surface area contributed by atoms with E-state index in [-0.39, 0.29) is 41.1 Å². The zero-order valence-corrected chi connectivity index (χ0v) is 17.6. The zero-order valence-electron chi connectivity index (χ0n) is 16.8. The largest absolute Gasteiger partial charge is 0.356 e. The number of piperidine rings is 1. The molecule has 8 heteroatoms. The van der Waals surface area contributed by atoms with Gasteiger partial charge in [-0.05, 0) is 48.6 Å². The van der Waals surface area contributed by atoms with Gasteiger partial charge < -0.3 is 10.6 Å². The third-order valence-electron chi connectivity index (χ3n) is 6.57. The van der Waals surface area contributed by atoms with Crippen LogP contribution in [0.5, 0.6) is 0 Å². The van der Waals surface area contributed by atoms with Gasteiger partial charge in [-0.25, -0.2) is 4.39 Å². The van der Waals surface area contributed by atoms with Crippen LogP contribution < -0.4 is 16.0 Å². The Morgan fingerprint density at radius 2 is 1.97 bits per heavy atom. The van der Waals surface area contributed by atoms with Crippen molar-refractivity contribution in [3.05, 3.63) is 41.1 Å². The fraction of sp³-hybridized carbons (Fsp3) is 0.545. The molecule has 2 saturated heterocycles. The van der Waals surface area contributed by atoms with E-state index in [2.05, 4.69) is 20.9 Å². The summed E-state index contributed by atoms with van der Waals surface area (Å²) in [6, 6.07) is 6.47. The lowest BCUT2D eigenvalue weighted by Crippen LogP contribution is -2.68. The fourth-order valence-corrected chi connectivity index (χ4v) is 5.68.